The van der Waals surface area contributed by atoms with Crippen molar-refractivity contribution >= 4 is 29.2 Å². The first kappa shape index (κ1) is 36.4. The summed E-state index contributed by atoms with van der Waals surface area (Å²) in [6.07, 6.45) is 13.9. The Kier molecular flexibility index (Phi) is 13.9. The van der Waals surface area contributed by atoms with E-state index in [0.717, 1.165) is 68.7 Å². The Morgan fingerprint density at radius 2 is 1.63 bits per heavy atom. The largest absolute Gasteiger partial charge is 0.466 e. The van der Waals surface area contributed by atoms with E-state index in [2.05, 4.69) is 42.2 Å². The quantitative estimate of drug-likeness (QED) is 0.143. The second-order valence-corrected chi connectivity index (χ2v) is 13.8. The summed E-state index contributed by atoms with van der Waals surface area (Å²) in [6, 6.07) is 20.0. The summed E-state index contributed by atoms with van der Waals surface area (Å²) < 4.78 is 10.7. The lowest BCUT2D eigenvalue weighted by Gasteiger charge is -2.38. The highest BCUT2D eigenvalue weighted by Gasteiger charge is 2.31. The lowest BCUT2D eigenvalue weighted by molar-refractivity contribution is -0.143. The highest BCUT2D eigenvalue weighted by molar-refractivity contribution is 6.04. The van der Waals surface area contributed by atoms with E-state index in [0.29, 0.717) is 44.1 Å². The fourth-order valence-electron chi connectivity index (χ4n) is 7.53. The molecule has 0 radical (unpaired) electrons. The standard InChI is InChI=1S/C41H55N3O5/c1-3-48-40(46)18-10-28-43(39(45)24-21-33-12-5-4-6-13-33)37-16-8-7-14-34(37)15-9-27-42-29-25-36(26-30-42)44(35-22-19-32(2)20-23-35)41(47)38-17-11-31-49-38/h7-8,11,14,16-17,19-20,22-23,31,33,36H,3-6,9-10,12-13,15,18,21,24-30H2,1-2H3. The SMILES string of the molecule is CCOC(=O)CCCN(C(=O)CCC1CCCCC1)c1ccccc1CCCN1CCC(N(C(=O)c2ccco2)c2ccc(C)cc2)CC1. The van der Waals surface area contributed by atoms with E-state index in [9.17, 15) is 14.4 Å². The normalized spacial score (nSPS) is 16.0. The molecule has 1 aliphatic carbocycles. The summed E-state index contributed by atoms with van der Waals surface area (Å²) in [7, 11) is 0. The molecule has 0 spiro atoms. The van der Waals surface area contributed by atoms with Gasteiger partial charge in [-0.1, -0.05) is 68.0 Å². The summed E-state index contributed by atoms with van der Waals surface area (Å²) >= 11 is 0. The van der Waals surface area contributed by atoms with Crippen molar-refractivity contribution in [3.8, 4) is 0 Å². The fourth-order valence-corrected chi connectivity index (χ4v) is 7.53. The molecule has 3 aromatic rings. The van der Waals surface area contributed by atoms with Crippen LogP contribution in [-0.2, 0) is 20.7 Å². The summed E-state index contributed by atoms with van der Waals surface area (Å²) in [4.78, 5) is 45.8. The Labute approximate surface area is 292 Å². The molecule has 1 aromatic heterocycles. The average Bonchev–Trinajstić information content (AvgIpc) is 3.67. The summed E-state index contributed by atoms with van der Waals surface area (Å²) in [6.45, 7) is 7.55. The molecule has 8 nitrogen and oxygen atoms in total. The zero-order valence-corrected chi connectivity index (χ0v) is 29.6. The number of ether oxygens (including phenoxy) is 1. The van der Waals surface area contributed by atoms with Gasteiger partial charge in [0.2, 0.25) is 5.91 Å². The Morgan fingerprint density at radius 1 is 0.878 bits per heavy atom. The van der Waals surface area contributed by atoms with E-state index in [1.54, 1.807) is 18.4 Å². The lowest BCUT2D eigenvalue weighted by atomic mass is 9.86. The molecular weight excluding hydrogens is 614 g/mol. The minimum atomic E-state index is -0.207. The van der Waals surface area contributed by atoms with Crippen LogP contribution in [0.2, 0.25) is 0 Å². The molecule has 49 heavy (non-hydrogen) atoms. The third-order valence-corrected chi connectivity index (χ3v) is 10.2. The monoisotopic (exact) mass is 669 g/mol. The molecule has 8 heteroatoms. The van der Waals surface area contributed by atoms with Crippen molar-refractivity contribution in [2.24, 2.45) is 5.92 Å². The van der Waals surface area contributed by atoms with Crippen LogP contribution in [0.3, 0.4) is 0 Å². The minimum Gasteiger partial charge on any atom is -0.466 e. The maximum atomic E-state index is 13.8. The third-order valence-electron chi connectivity index (χ3n) is 10.2. The molecular formula is C41H55N3O5. The topological polar surface area (TPSA) is 83.3 Å². The van der Waals surface area contributed by atoms with E-state index < -0.39 is 0 Å². The zero-order valence-electron chi connectivity index (χ0n) is 29.6. The van der Waals surface area contributed by atoms with Crippen molar-refractivity contribution in [1.82, 2.24) is 4.90 Å². The fraction of sp³-hybridized carbons (Fsp3) is 0.537. The van der Waals surface area contributed by atoms with Crippen molar-refractivity contribution in [3.63, 3.8) is 0 Å². The Bertz CT molecular complexity index is 1460. The molecule has 0 bridgehead atoms. The Balaban J connectivity index is 1.18. The number of nitrogens with zero attached hydrogens (tertiary/aromatic N) is 3. The first-order valence-electron chi connectivity index (χ1n) is 18.6. The molecule has 1 aliphatic heterocycles. The van der Waals surface area contributed by atoms with Gasteiger partial charge in [0.05, 0.1) is 12.9 Å². The van der Waals surface area contributed by atoms with E-state index in [4.69, 9.17) is 9.15 Å². The molecule has 2 aliphatic rings. The number of furan rings is 1. The highest BCUT2D eigenvalue weighted by Crippen LogP contribution is 2.30. The number of piperidine rings is 1. The van der Waals surface area contributed by atoms with E-state index in [1.165, 1.54) is 37.7 Å². The van der Waals surface area contributed by atoms with Crippen LogP contribution >= 0.6 is 0 Å². The van der Waals surface area contributed by atoms with Gasteiger partial charge in [0.15, 0.2) is 5.76 Å². The molecule has 0 atom stereocenters. The predicted molar refractivity (Wildman–Crippen MR) is 195 cm³/mol. The van der Waals surface area contributed by atoms with Crippen molar-refractivity contribution < 1.29 is 23.5 Å². The van der Waals surface area contributed by atoms with Crippen molar-refractivity contribution in [2.45, 2.75) is 103 Å². The maximum Gasteiger partial charge on any atom is 0.305 e. The van der Waals surface area contributed by atoms with Crippen molar-refractivity contribution in [1.29, 1.82) is 0 Å². The van der Waals surface area contributed by atoms with Gasteiger partial charge in [-0.05, 0) is 101 Å². The summed E-state index contributed by atoms with van der Waals surface area (Å²) in [5, 5.41) is 0. The van der Waals surface area contributed by atoms with Crippen LogP contribution in [0.4, 0.5) is 11.4 Å². The number of esters is 1. The number of aryl methyl sites for hydroxylation is 2. The average molecular weight is 670 g/mol. The third kappa shape index (κ3) is 10.5. The molecule has 1 saturated heterocycles. The molecule has 2 fully saturated rings. The van der Waals surface area contributed by atoms with Gasteiger partial charge in [0.25, 0.3) is 5.91 Å². The highest BCUT2D eigenvalue weighted by atomic mass is 16.5. The van der Waals surface area contributed by atoms with Crippen molar-refractivity contribution in [2.75, 3.05) is 42.6 Å². The molecule has 0 N–H and O–H groups in total. The van der Waals surface area contributed by atoms with E-state index in [-0.39, 0.29) is 23.8 Å². The van der Waals surface area contributed by atoms with Gasteiger partial charge in [0, 0.05) is 49.9 Å². The zero-order chi connectivity index (χ0) is 34.4. The van der Waals surface area contributed by atoms with Crippen LogP contribution in [0.15, 0.2) is 71.3 Å². The summed E-state index contributed by atoms with van der Waals surface area (Å²) in [5.74, 6) is 0.867. The smallest absolute Gasteiger partial charge is 0.305 e. The van der Waals surface area contributed by atoms with Crippen molar-refractivity contribution in [3.05, 3.63) is 83.8 Å². The number of rotatable bonds is 16. The number of amides is 2. The molecule has 2 aromatic carbocycles. The second kappa shape index (κ2) is 18.7. The van der Waals surface area contributed by atoms with Crippen LogP contribution in [0.5, 0.6) is 0 Å². The maximum absolute atomic E-state index is 13.8. The van der Waals surface area contributed by atoms with Gasteiger partial charge >= 0.3 is 5.97 Å². The molecule has 1 saturated carbocycles. The van der Waals surface area contributed by atoms with Crippen LogP contribution in [0.1, 0.15) is 106 Å². The Morgan fingerprint density at radius 3 is 2.35 bits per heavy atom. The number of para-hydroxylation sites is 1. The van der Waals surface area contributed by atoms with Crippen LogP contribution in [0, 0.1) is 12.8 Å². The number of hydrogen-bond donors (Lipinski definition) is 0. The van der Waals surface area contributed by atoms with Gasteiger partial charge in [-0.3, -0.25) is 14.4 Å². The van der Waals surface area contributed by atoms with Crippen LogP contribution in [0.25, 0.3) is 0 Å². The number of anilines is 2. The molecule has 0 unspecified atom stereocenters. The molecule has 2 amide bonds. The van der Waals surface area contributed by atoms with E-state index in [1.807, 2.05) is 34.9 Å². The van der Waals surface area contributed by atoms with E-state index >= 15 is 0 Å². The molecule has 264 valence electrons. The first-order chi connectivity index (χ1) is 23.9. The molecule has 2 heterocycles. The summed E-state index contributed by atoms with van der Waals surface area (Å²) in [5.41, 5.74) is 4.22. The lowest BCUT2D eigenvalue weighted by Crippen LogP contribution is -2.47. The van der Waals surface area contributed by atoms with Gasteiger partial charge < -0.3 is 23.9 Å². The number of benzene rings is 2. The minimum absolute atomic E-state index is 0.0935. The Hall–Kier alpha value is -3.91. The number of hydrogen-bond acceptors (Lipinski definition) is 6. The first-order valence-corrected chi connectivity index (χ1v) is 18.6. The second-order valence-electron chi connectivity index (χ2n) is 13.8. The van der Waals surface area contributed by atoms with Gasteiger partial charge in [-0.2, -0.15) is 0 Å². The van der Waals surface area contributed by atoms with Gasteiger partial charge in [-0.15, -0.1) is 0 Å². The number of likely N-dealkylation sites (tertiary alicyclic amines) is 1. The van der Waals surface area contributed by atoms with Crippen LogP contribution < -0.4 is 9.80 Å². The van der Waals surface area contributed by atoms with Gasteiger partial charge in [0.1, 0.15) is 0 Å². The van der Waals surface area contributed by atoms with Crippen LogP contribution in [-0.4, -0.2) is 61.5 Å². The predicted octanol–water partition coefficient (Wildman–Crippen LogP) is 8.37. The molecule has 5 rings (SSSR count). The number of carbonyl (C=O) groups is 3. The van der Waals surface area contributed by atoms with Gasteiger partial charge in [-0.25, -0.2) is 0 Å². The number of carbonyl (C=O) groups excluding carboxylic acids is 3.